The van der Waals surface area contributed by atoms with Gasteiger partial charge in [-0.05, 0) is 54.1 Å². The maximum Gasteiger partial charge on any atom is 0.292 e. The molecule has 10 heteroatoms. The lowest BCUT2D eigenvalue weighted by Crippen LogP contribution is -2.22. The maximum atomic E-state index is 11.0. The second-order valence-electron chi connectivity index (χ2n) is 5.90. The number of thiazole rings is 1. The van der Waals surface area contributed by atoms with Crippen LogP contribution in [0.2, 0.25) is 0 Å². The summed E-state index contributed by atoms with van der Waals surface area (Å²) in [5.74, 6) is 1.23. The van der Waals surface area contributed by atoms with Crippen LogP contribution in [0.3, 0.4) is 0 Å². The summed E-state index contributed by atoms with van der Waals surface area (Å²) in [5, 5.41) is 9.56. The molecule has 3 rings (SSSR count). The van der Waals surface area contributed by atoms with Crippen LogP contribution in [0.1, 0.15) is 0 Å². The average Bonchev–Trinajstić information content (AvgIpc) is 3.15. The zero-order chi connectivity index (χ0) is 21.0. The van der Waals surface area contributed by atoms with E-state index in [0.717, 1.165) is 45.0 Å². The van der Waals surface area contributed by atoms with Crippen LogP contribution < -0.4 is 9.47 Å². The van der Waals surface area contributed by atoms with Gasteiger partial charge in [0.2, 0.25) is 0 Å². The minimum Gasteiger partial charge on any atom is -0.497 e. The van der Waals surface area contributed by atoms with E-state index < -0.39 is 15.6 Å². The van der Waals surface area contributed by atoms with Crippen molar-refractivity contribution in [3.05, 3.63) is 48.5 Å². The molecular weight excluding hydrogens is 434 g/mol. The van der Waals surface area contributed by atoms with Gasteiger partial charge in [-0.25, -0.2) is 4.98 Å². The average molecular weight is 454 g/mol. The summed E-state index contributed by atoms with van der Waals surface area (Å²) in [4.78, 5) is 5.52. The molecule has 2 N–H and O–H groups in total. The van der Waals surface area contributed by atoms with Crippen LogP contribution in [-0.4, -0.2) is 48.5 Å². The molecule has 0 fully saturated rings. The van der Waals surface area contributed by atoms with Crippen molar-refractivity contribution in [1.29, 1.82) is 0 Å². The van der Waals surface area contributed by atoms with Gasteiger partial charge in [0.25, 0.3) is 10.1 Å². The number of aliphatic hydroxyl groups excluding tert-OH is 1. The monoisotopic (exact) mass is 453 g/mol. The first-order chi connectivity index (χ1) is 13.8. The quantitative estimate of drug-likeness (QED) is 0.392. The molecule has 0 aliphatic carbocycles. The Morgan fingerprint density at radius 2 is 1.52 bits per heavy atom. The number of benzene rings is 2. The minimum atomic E-state index is -4.51. The van der Waals surface area contributed by atoms with Crippen molar-refractivity contribution < 1.29 is 27.6 Å². The van der Waals surface area contributed by atoms with Crippen LogP contribution >= 0.6 is 23.1 Å². The van der Waals surface area contributed by atoms with E-state index in [2.05, 4.69) is 4.98 Å². The largest absolute Gasteiger partial charge is 0.497 e. The fourth-order valence-corrected chi connectivity index (χ4v) is 5.32. The molecule has 0 spiro atoms. The molecule has 29 heavy (non-hydrogen) atoms. The van der Waals surface area contributed by atoms with Gasteiger partial charge in [-0.2, -0.15) is 8.42 Å². The third kappa shape index (κ3) is 5.28. The van der Waals surface area contributed by atoms with Crippen LogP contribution in [0.25, 0.3) is 21.7 Å². The Morgan fingerprint density at radius 3 is 2.00 bits per heavy atom. The van der Waals surface area contributed by atoms with Crippen LogP contribution in [0.15, 0.2) is 52.9 Å². The highest BCUT2D eigenvalue weighted by atomic mass is 32.2. The number of aromatic nitrogens is 1. The molecule has 1 unspecified atom stereocenters. The van der Waals surface area contributed by atoms with E-state index in [-0.39, 0.29) is 5.75 Å². The Kier molecular flexibility index (Phi) is 6.81. The molecule has 1 aromatic heterocycles. The third-order valence-corrected chi connectivity index (χ3v) is 7.41. The summed E-state index contributed by atoms with van der Waals surface area (Å²) in [6.45, 7) is 0. The number of hydrogen-bond donors (Lipinski definition) is 2. The highest BCUT2D eigenvalue weighted by molar-refractivity contribution is 8.01. The Hall–Kier alpha value is -2.11. The molecule has 0 saturated carbocycles. The molecule has 0 radical (unpaired) electrons. The standard InChI is InChI=1S/C19H19NO6S3/c1-25-14-7-3-12(4-8-14)17-18(13-5-9-15(26-2)10-6-13)28-19(20-17)27-11-16(21)29(22,23)24/h3-10,16,21H,11H2,1-2H3,(H,22,23,24). The first-order valence-electron chi connectivity index (χ1n) is 8.38. The Morgan fingerprint density at radius 1 is 1.00 bits per heavy atom. The lowest BCUT2D eigenvalue weighted by atomic mass is 10.1. The molecule has 1 heterocycles. The molecule has 7 nitrogen and oxygen atoms in total. The number of rotatable bonds is 8. The molecular formula is C19H19NO6S3. The second-order valence-corrected chi connectivity index (χ2v) is 9.74. The van der Waals surface area contributed by atoms with Crippen molar-refractivity contribution in [3.63, 3.8) is 0 Å². The van der Waals surface area contributed by atoms with Crippen LogP contribution in [0.5, 0.6) is 11.5 Å². The van der Waals surface area contributed by atoms with E-state index in [1.165, 1.54) is 11.3 Å². The summed E-state index contributed by atoms with van der Waals surface area (Å²) >= 11 is 2.44. The first-order valence-corrected chi connectivity index (χ1v) is 11.7. The SMILES string of the molecule is COc1ccc(-c2nc(SCC(O)S(=O)(=O)O)sc2-c2ccc(OC)cc2)cc1. The molecule has 0 amide bonds. The lowest BCUT2D eigenvalue weighted by molar-refractivity contribution is 0.256. The summed E-state index contributed by atoms with van der Waals surface area (Å²) in [6, 6.07) is 15.0. The first kappa shape index (κ1) is 21.6. The molecule has 1 atom stereocenters. The summed E-state index contributed by atoms with van der Waals surface area (Å²) in [7, 11) is -1.32. The summed E-state index contributed by atoms with van der Waals surface area (Å²) in [6.07, 6.45) is 0. The number of ether oxygens (including phenoxy) is 2. The highest BCUT2D eigenvalue weighted by Gasteiger charge is 2.22. The molecule has 0 aliphatic heterocycles. The fourth-order valence-electron chi connectivity index (χ4n) is 2.47. The number of aliphatic hydroxyl groups is 1. The smallest absolute Gasteiger partial charge is 0.292 e. The zero-order valence-electron chi connectivity index (χ0n) is 15.6. The predicted molar refractivity (Wildman–Crippen MR) is 114 cm³/mol. The van der Waals surface area contributed by atoms with Crippen molar-refractivity contribution in [2.45, 2.75) is 9.78 Å². The van der Waals surface area contributed by atoms with Gasteiger partial charge in [0, 0.05) is 11.3 Å². The van der Waals surface area contributed by atoms with Crippen molar-refractivity contribution in [2.75, 3.05) is 20.0 Å². The van der Waals surface area contributed by atoms with Crippen molar-refractivity contribution >= 4 is 33.2 Å². The van der Waals surface area contributed by atoms with Crippen LogP contribution in [0, 0.1) is 0 Å². The van der Waals surface area contributed by atoms with Crippen molar-refractivity contribution in [3.8, 4) is 33.2 Å². The van der Waals surface area contributed by atoms with Crippen molar-refractivity contribution in [1.82, 2.24) is 4.98 Å². The molecule has 2 aromatic carbocycles. The van der Waals surface area contributed by atoms with Gasteiger partial charge in [-0.15, -0.1) is 11.3 Å². The van der Waals surface area contributed by atoms with E-state index >= 15 is 0 Å². The highest BCUT2D eigenvalue weighted by Crippen LogP contribution is 2.41. The third-order valence-electron chi connectivity index (χ3n) is 4.02. The molecule has 0 saturated heterocycles. The maximum absolute atomic E-state index is 11.0. The minimum absolute atomic E-state index is 0.226. The van der Waals surface area contributed by atoms with Gasteiger partial charge >= 0.3 is 0 Å². The lowest BCUT2D eigenvalue weighted by Gasteiger charge is -2.05. The van der Waals surface area contributed by atoms with E-state index in [1.807, 2.05) is 48.5 Å². The predicted octanol–water partition coefficient (Wildman–Crippen LogP) is 3.79. The second kappa shape index (κ2) is 9.14. The molecule has 3 aromatic rings. The van der Waals surface area contributed by atoms with E-state index in [4.69, 9.17) is 14.0 Å². The van der Waals surface area contributed by atoms with E-state index in [0.29, 0.717) is 4.34 Å². The number of thioether (sulfide) groups is 1. The summed E-state index contributed by atoms with van der Waals surface area (Å²) in [5.41, 5.74) is 0.656. The fraction of sp³-hybridized carbons (Fsp3) is 0.211. The Labute approximate surface area is 177 Å². The van der Waals surface area contributed by atoms with Gasteiger partial charge < -0.3 is 14.6 Å². The molecule has 0 bridgehead atoms. The van der Waals surface area contributed by atoms with Gasteiger partial charge in [0.1, 0.15) is 11.5 Å². The van der Waals surface area contributed by atoms with Gasteiger partial charge in [0.15, 0.2) is 9.78 Å². The van der Waals surface area contributed by atoms with E-state index in [1.54, 1.807) is 14.2 Å². The molecule has 0 aliphatic rings. The zero-order valence-corrected chi connectivity index (χ0v) is 18.1. The van der Waals surface area contributed by atoms with Gasteiger partial charge in [-0.1, -0.05) is 11.8 Å². The van der Waals surface area contributed by atoms with Crippen molar-refractivity contribution in [2.24, 2.45) is 0 Å². The Balaban J connectivity index is 1.97. The van der Waals surface area contributed by atoms with Gasteiger partial charge in [0.05, 0.1) is 24.8 Å². The van der Waals surface area contributed by atoms with Crippen LogP contribution in [-0.2, 0) is 10.1 Å². The number of nitrogens with zero attached hydrogens (tertiary/aromatic N) is 1. The topological polar surface area (TPSA) is 106 Å². The Bertz CT molecular complexity index is 997. The van der Waals surface area contributed by atoms with Crippen LogP contribution in [0.4, 0.5) is 0 Å². The van der Waals surface area contributed by atoms with E-state index in [9.17, 15) is 13.5 Å². The number of methoxy groups -OCH3 is 2. The van der Waals surface area contributed by atoms with Gasteiger partial charge in [-0.3, -0.25) is 4.55 Å². The summed E-state index contributed by atoms with van der Waals surface area (Å²) < 4.78 is 42.0. The normalized spacial score (nSPS) is 12.6. The molecule has 154 valence electrons. The number of hydrogen-bond acceptors (Lipinski definition) is 8.